The molecule has 3 rings (SSSR count). The molecule has 0 spiro atoms. The molecular formula is C68H131NO18. The van der Waals surface area contributed by atoms with E-state index in [1.54, 1.807) is 0 Å². The standard InChI is InChI=1S/C68H131NO18/c1-3-5-7-9-11-13-15-16-17-18-19-20-21-22-23-24-25-26-27-28-29-30-31-32-33-34-36-38-40-42-44-46-56(74)69-51(52(73)45-43-41-39-37-35-14-12-10-8-6-4-2)50-82-66-62(80)59(77)64(54(48-71)84-66)87-68-63(81)60(78)65(55(49-72)85-68)86-67-61(79)58(76)57(75)53(47-70)83-67/h51-55,57-68,70-73,75-81H,3-50H2,1-2H3,(H,69,74). The summed E-state index contributed by atoms with van der Waals surface area (Å²) < 4.78 is 34.4. The summed E-state index contributed by atoms with van der Waals surface area (Å²) in [6.45, 7) is 1.82. The quantitative estimate of drug-likeness (QED) is 0.0252. The van der Waals surface area contributed by atoms with Crippen LogP contribution in [0.4, 0.5) is 0 Å². The third kappa shape index (κ3) is 33.5. The molecule has 3 saturated heterocycles. The lowest BCUT2D eigenvalue weighted by Crippen LogP contribution is -2.66. The highest BCUT2D eigenvalue weighted by Crippen LogP contribution is 2.33. The van der Waals surface area contributed by atoms with E-state index in [0.29, 0.717) is 12.8 Å². The largest absolute Gasteiger partial charge is 0.394 e. The fourth-order valence-corrected chi connectivity index (χ4v) is 12.6. The molecule has 3 aliphatic heterocycles. The second-order valence-corrected chi connectivity index (χ2v) is 26.1. The van der Waals surface area contributed by atoms with Gasteiger partial charge in [0.15, 0.2) is 18.9 Å². The van der Waals surface area contributed by atoms with Gasteiger partial charge in [-0.3, -0.25) is 4.79 Å². The molecule has 19 heteroatoms. The van der Waals surface area contributed by atoms with Crippen molar-refractivity contribution in [2.24, 2.45) is 0 Å². The lowest BCUT2D eigenvalue weighted by atomic mass is 9.96. The molecule has 3 fully saturated rings. The maximum atomic E-state index is 13.4. The number of amides is 1. The van der Waals surface area contributed by atoms with Crippen molar-refractivity contribution < 1.29 is 89.4 Å². The van der Waals surface area contributed by atoms with Crippen LogP contribution in [0.3, 0.4) is 0 Å². The van der Waals surface area contributed by atoms with Crippen LogP contribution in [-0.4, -0.2) is 193 Å². The third-order valence-electron chi connectivity index (χ3n) is 18.4. The normalized spacial score (nSPS) is 28.5. The van der Waals surface area contributed by atoms with Gasteiger partial charge in [-0.05, 0) is 12.8 Å². The molecule has 0 saturated carbocycles. The van der Waals surface area contributed by atoms with Crippen LogP contribution in [0, 0.1) is 0 Å². The van der Waals surface area contributed by atoms with E-state index in [2.05, 4.69) is 19.2 Å². The van der Waals surface area contributed by atoms with Gasteiger partial charge in [0, 0.05) is 6.42 Å². The maximum Gasteiger partial charge on any atom is 0.220 e. The van der Waals surface area contributed by atoms with Gasteiger partial charge in [0.05, 0.1) is 38.6 Å². The highest BCUT2D eigenvalue weighted by atomic mass is 16.8. The van der Waals surface area contributed by atoms with E-state index in [0.717, 1.165) is 44.9 Å². The summed E-state index contributed by atoms with van der Waals surface area (Å²) in [5.41, 5.74) is 0. The Morgan fingerprint density at radius 3 is 1.00 bits per heavy atom. The van der Waals surface area contributed by atoms with Crippen LogP contribution in [0.15, 0.2) is 0 Å². The minimum atomic E-state index is -1.97. The van der Waals surface area contributed by atoms with Crippen LogP contribution in [0.25, 0.3) is 0 Å². The van der Waals surface area contributed by atoms with Gasteiger partial charge in [-0.2, -0.15) is 0 Å². The van der Waals surface area contributed by atoms with E-state index in [-0.39, 0.29) is 18.9 Å². The molecular weight excluding hydrogens is 1120 g/mol. The maximum absolute atomic E-state index is 13.4. The van der Waals surface area contributed by atoms with Gasteiger partial charge >= 0.3 is 0 Å². The van der Waals surface area contributed by atoms with Crippen molar-refractivity contribution in [3.63, 3.8) is 0 Å². The Morgan fingerprint density at radius 1 is 0.368 bits per heavy atom. The number of hydrogen-bond acceptors (Lipinski definition) is 18. The molecule has 87 heavy (non-hydrogen) atoms. The van der Waals surface area contributed by atoms with Crippen molar-refractivity contribution in [3.8, 4) is 0 Å². The molecule has 0 aromatic heterocycles. The summed E-state index contributed by atoms with van der Waals surface area (Å²) in [6, 6.07) is -0.880. The van der Waals surface area contributed by atoms with Crippen LogP contribution < -0.4 is 5.32 Å². The first-order valence-corrected chi connectivity index (χ1v) is 35.8. The highest BCUT2D eigenvalue weighted by molar-refractivity contribution is 5.76. The fraction of sp³-hybridized carbons (Fsp3) is 0.985. The molecule has 0 bridgehead atoms. The van der Waals surface area contributed by atoms with Gasteiger partial charge in [0.25, 0.3) is 0 Å². The van der Waals surface area contributed by atoms with Gasteiger partial charge in [-0.15, -0.1) is 0 Å². The first-order valence-electron chi connectivity index (χ1n) is 35.8. The fourth-order valence-electron chi connectivity index (χ4n) is 12.6. The Hall–Kier alpha value is -1.21. The van der Waals surface area contributed by atoms with Crippen molar-refractivity contribution in [1.82, 2.24) is 5.32 Å². The predicted molar refractivity (Wildman–Crippen MR) is 337 cm³/mol. The Bertz CT molecular complexity index is 1590. The van der Waals surface area contributed by atoms with Gasteiger partial charge in [0.1, 0.15) is 73.2 Å². The van der Waals surface area contributed by atoms with Crippen LogP contribution in [0.5, 0.6) is 0 Å². The lowest BCUT2D eigenvalue weighted by molar-refractivity contribution is -0.379. The van der Waals surface area contributed by atoms with Gasteiger partial charge in [0.2, 0.25) is 5.91 Å². The summed E-state index contributed by atoms with van der Waals surface area (Å²) >= 11 is 0. The van der Waals surface area contributed by atoms with Gasteiger partial charge in [-0.25, -0.2) is 0 Å². The second-order valence-electron chi connectivity index (χ2n) is 26.1. The Morgan fingerprint density at radius 2 is 0.655 bits per heavy atom. The highest BCUT2D eigenvalue weighted by Gasteiger charge is 2.53. The smallest absolute Gasteiger partial charge is 0.220 e. The number of carbonyl (C=O) groups is 1. The number of rotatable bonds is 56. The summed E-state index contributed by atoms with van der Waals surface area (Å²) in [7, 11) is 0. The number of aliphatic hydroxyl groups is 11. The van der Waals surface area contributed by atoms with Crippen molar-refractivity contribution in [3.05, 3.63) is 0 Å². The van der Waals surface area contributed by atoms with E-state index in [1.165, 1.54) is 218 Å². The van der Waals surface area contributed by atoms with E-state index in [1.807, 2.05) is 0 Å². The molecule has 0 aliphatic carbocycles. The van der Waals surface area contributed by atoms with Crippen LogP contribution in [-0.2, 0) is 33.2 Å². The monoisotopic (exact) mass is 1250 g/mol. The average Bonchev–Trinajstić information content (AvgIpc) is 3.71. The number of hydrogen-bond donors (Lipinski definition) is 12. The zero-order valence-electron chi connectivity index (χ0n) is 54.5. The average molecular weight is 1250 g/mol. The number of aliphatic hydroxyl groups excluding tert-OH is 11. The molecule has 0 aromatic rings. The molecule has 3 heterocycles. The summed E-state index contributed by atoms with van der Waals surface area (Å²) in [4.78, 5) is 13.4. The second kappa shape index (κ2) is 51.2. The van der Waals surface area contributed by atoms with Gasteiger partial charge in [-0.1, -0.05) is 277 Å². The molecule has 3 aliphatic rings. The predicted octanol–water partition coefficient (Wildman–Crippen LogP) is 9.50. The Balaban J connectivity index is 1.33. The number of nitrogens with one attached hydrogen (secondary N) is 1. The SMILES string of the molecule is CCCCCCCCCCCCCCCCCCCCCCCCCCCCCCCCCC(=O)NC(COC1OC(CO)C(OC2OC(CO)C(OC3OC(CO)C(O)C(O)C3O)C(O)C2O)C(O)C1O)C(O)CCCCCCCCCCCCC. The third-order valence-corrected chi connectivity index (χ3v) is 18.4. The van der Waals surface area contributed by atoms with E-state index < -0.39 is 124 Å². The minimum Gasteiger partial charge on any atom is -0.394 e. The van der Waals surface area contributed by atoms with Crippen molar-refractivity contribution >= 4 is 5.91 Å². The molecule has 17 atom stereocenters. The number of ether oxygens (including phenoxy) is 6. The summed E-state index contributed by atoms with van der Waals surface area (Å²) in [5.74, 6) is -0.237. The van der Waals surface area contributed by atoms with Crippen LogP contribution in [0.1, 0.15) is 296 Å². The molecule has 1 amide bonds. The zero-order valence-corrected chi connectivity index (χ0v) is 54.5. The van der Waals surface area contributed by atoms with E-state index >= 15 is 0 Å². The molecule has 17 unspecified atom stereocenters. The first kappa shape index (κ1) is 80.0. The molecule has 0 radical (unpaired) electrons. The topological polar surface area (TPSA) is 307 Å². The first-order chi connectivity index (χ1) is 42.3. The Kier molecular flexibility index (Phi) is 47.1. The summed E-state index contributed by atoms with van der Waals surface area (Å²) in [5, 5.41) is 120. The Labute approximate surface area is 525 Å². The van der Waals surface area contributed by atoms with Crippen LogP contribution in [0.2, 0.25) is 0 Å². The van der Waals surface area contributed by atoms with Crippen molar-refractivity contribution in [2.45, 2.75) is 401 Å². The molecule has 516 valence electrons. The lowest BCUT2D eigenvalue weighted by Gasteiger charge is -2.48. The molecule has 12 N–H and O–H groups in total. The van der Waals surface area contributed by atoms with Crippen molar-refractivity contribution in [1.29, 1.82) is 0 Å². The number of carbonyl (C=O) groups excluding carboxylic acids is 1. The molecule has 0 aromatic carbocycles. The number of unbranched alkanes of at least 4 members (excludes halogenated alkanes) is 40. The zero-order chi connectivity index (χ0) is 63.3. The summed E-state index contributed by atoms with van der Waals surface area (Å²) in [6.07, 6.45) is 27.9. The molecule has 19 nitrogen and oxygen atoms in total. The minimum absolute atomic E-state index is 0.237. The van der Waals surface area contributed by atoms with E-state index in [9.17, 15) is 61.0 Å². The van der Waals surface area contributed by atoms with E-state index in [4.69, 9.17) is 28.4 Å². The van der Waals surface area contributed by atoms with Crippen molar-refractivity contribution in [2.75, 3.05) is 26.4 Å². The van der Waals surface area contributed by atoms with Gasteiger partial charge < -0.3 is 89.9 Å². The van der Waals surface area contributed by atoms with Crippen LogP contribution >= 0.6 is 0 Å².